The van der Waals surface area contributed by atoms with Crippen molar-refractivity contribution >= 4 is 0 Å². The van der Waals surface area contributed by atoms with Gasteiger partial charge in [0, 0.05) is 11.6 Å². The Morgan fingerprint density at radius 1 is 1.40 bits per heavy atom. The molecule has 0 amide bonds. The predicted octanol–water partition coefficient (Wildman–Crippen LogP) is 2.00. The second-order valence-corrected chi connectivity index (χ2v) is 5.28. The van der Waals surface area contributed by atoms with Crippen molar-refractivity contribution in [2.24, 2.45) is 0 Å². The van der Waals surface area contributed by atoms with Gasteiger partial charge in [0.25, 0.3) is 0 Å². The van der Waals surface area contributed by atoms with Gasteiger partial charge in [-0.25, -0.2) is 0 Å². The fraction of sp³-hybridized carbons (Fsp3) is 0.467. The average Bonchev–Trinajstić information content (AvgIpc) is 3.09. The van der Waals surface area contributed by atoms with E-state index in [0.717, 1.165) is 30.5 Å². The molecule has 1 N–H and O–H groups in total. The molecule has 5 heteroatoms. The number of rotatable bonds is 4. The number of nitrogens with zero attached hydrogens (tertiary/aromatic N) is 3. The number of benzene rings is 1. The Hall–Kier alpha value is -1.72. The third-order valence-electron chi connectivity index (χ3n) is 3.90. The molecule has 0 bridgehead atoms. The number of aliphatic hydroxyl groups is 1. The van der Waals surface area contributed by atoms with Crippen molar-refractivity contribution in [2.45, 2.75) is 32.4 Å². The van der Waals surface area contributed by atoms with Crippen LogP contribution in [0.25, 0.3) is 11.4 Å². The second kappa shape index (κ2) is 5.73. The van der Waals surface area contributed by atoms with E-state index in [0.29, 0.717) is 18.3 Å². The van der Waals surface area contributed by atoms with Crippen molar-refractivity contribution in [1.82, 2.24) is 15.0 Å². The van der Waals surface area contributed by atoms with Crippen LogP contribution < -0.4 is 0 Å². The molecule has 1 aromatic carbocycles. The van der Waals surface area contributed by atoms with Crippen molar-refractivity contribution in [3.63, 3.8) is 0 Å². The van der Waals surface area contributed by atoms with E-state index in [1.807, 2.05) is 31.2 Å². The minimum Gasteiger partial charge on any atom is -0.395 e. The number of aliphatic hydroxyl groups excluding tert-OH is 1. The Morgan fingerprint density at radius 2 is 2.25 bits per heavy atom. The molecule has 2 aromatic rings. The first-order chi connectivity index (χ1) is 9.78. The number of aromatic nitrogens is 2. The highest BCUT2D eigenvalue weighted by atomic mass is 16.5. The van der Waals surface area contributed by atoms with Crippen LogP contribution in [0.4, 0.5) is 0 Å². The minimum absolute atomic E-state index is 0.193. The van der Waals surface area contributed by atoms with Crippen LogP contribution in [-0.2, 0) is 6.54 Å². The van der Waals surface area contributed by atoms with Crippen molar-refractivity contribution in [2.75, 3.05) is 13.2 Å². The molecule has 0 radical (unpaired) electrons. The number of hydrogen-bond donors (Lipinski definition) is 1. The first-order valence-corrected chi connectivity index (χ1v) is 7.01. The summed E-state index contributed by atoms with van der Waals surface area (Å²) in [5.74, 6) is 1.25. The molecule has 0 aliphatic carbocycles. The summed E-state index contributed by atoms with van der Waals surface area (Å²) in [6.45, 7) is 3.82. The summed E-state index contributed by atoms with van der Waals surface area (Å²) in [6, 6.07) is 8.23. The van der Waals surface area contributed by atoms with Crippen molar-refractivity contribution in [1.29, 1.82) is 0 Å². The molecule has 1 fully saturated rings. The van der Waals surface area contributed by atoms with E-state index in [1.54, 1.807) is 0 Å². The van der Waals surface area contributed by atoms with E-state index in [4.69, 9.17) is 4.52 Å². The van der Waals surface area contributed by atoms with Gasteiger partial charge in [-0.05, 0) is 31.9 Å². The van der Waals surface area contributed by atoms with Crippen molar-refractivity contribution in [3.8, 4) is 11.4 Å². The summed E-state index contributed by atoms with van der Waals surface area (Å²) >= 11 is 0. The maximum Gasteiger partial charge on any atom is 0.241 e. The quantitative estimate of drug-likeness (QED) is 0.923. The lowest BCUT2D eigenvalue weighted by Gasteiger charge is -2.20. The van der Waals surface area contributed by atoms with Crippen LogP contribution >= 0.6 is 0 Å². The van der Waals surface area contributed by atoms with Gasteiger partial charge < -0.3 is 9.63 Å². The zero-order valence-electron chi connectivity index (χ0n) is 11.6. The Bertz CT molecular complexity index is 582. The molecule has 1 aliphatic rings. The molecule has 106 valence electrons. The van der Waals surface area contributed by atoms with Crippen LogP contribution in [0.15, 0.2) is 28.8 Å². The first kappa shape index (κ1) is 13.3. The Balaban J connectivity index is 1.76. The van der Waals surface area contributed by atoms with Gasteiger partial charge in [-0.2, -0.15) is 4.98 Å². The smallest absolute Gasteiger partial charge is 0.241 e. The normalized spacial score (nSPS) is 19.6. The molecule has 1 aromatic heterocycles. The summed E-state index contributed by atoms with van der Waals surface area (Å²) in [5.41, 5.74) is 2.14. The third-order valence-corrected chi connectivity index (χ3v) is 3.90. The Kier molecular flexibility index (Phi) is 3.80. The topological polar surface area (TPSA) is 62.4 Å². The van der Waals surface area contributed by atoms with Crippen LogP contribution in [0.5, 0.6) is 0 Å². The van der Waals surface area contributed by atoms with E-state index in [1.165, 1.54) is 0 Å². The van der Waals surface area contributed by atoms with E-state index in [2.05, 4.69) is 15.0 Å². The number of hydrogen-bond acceptors (Lipinski definition) is 5. The molecule has 3 rings (SSSR count). The monoisotopic (exact) mass is 273 g/mol. The van der Waals surface area contributed by atoms with Crippen LogP contribution in [0, 0.1) is 6.92 Å². The largest absolute Gasteiger partial charge is 0.395 e. The molecule has 1 aliphatic heterocycles. The maximum absolute atomic E-state index is 9.33. The van der Waals surface area contributed by atoms with Crippen molar-refractivity contribution < 1.29 is 9.63 Å². The molecule has 0 spiro atoms. The molecular weight excluding hydrogens is 254 g/mol. The zero-order valence-corrected chi connectivity index (χ0v) is 11.6. The first-order valence-electron chi connectivity index (χ1n) is 7.01. The zero-order chi connectivity index (χ0) is 13.9. The summed E-state index contributed by atoms with van der Waals surface area (Å²) in [7, 11) is 0. The lowest BCUT2D eigenvalue weighted by Crippen LogP contribution is -2.31. The molecule has 20 heavy (non-hydrogen) atoms. The highest BCUT2D eigenvalue weighted by molar-refractivity contribution is 5.58. The van der Waals surface area contributed by atoms with E-state index in [-0.39, 0.29) is 12.6 Å². The standard InChI is InChI=1S/C15H19N3O2/c1-11-5-2-3-7-13(11)15-16-14(20-17-15)9-18-8-4-6-12(18)10-19/h2-3,5,7,12,19H,4,6,8-10H2,1H3/t12-/m1/s1. The molecule has 2 heterocycles. The minimum atomic E-state index is 0.193. The van der Waals surface area contributed by atoms with Crippen LogP contribution in [0.1, 0.15) is 24.3 Å². The summed E-state index contributed by atoms with van der Waals surface area (Å²) in [6.07, 6.45) is 2.15. The number of aryl methyl sites for hydroxylation is 1. The van der Waals surface area contributed by atoms with Gasteiger partial charge in [0.1, 0.15) is 0 Å². The molecule has 1 atom stereocenters. The van der Waals surface area contributed by atoms with E-state index in [9.17, 15) is 5.11 Å². The molecule has 0 saturated carbocycles. The molecular formula is C15H19N3O2. The lowest BCUT2D eigenvalue weighted by molar-refractivity contribution is 0.141. The highest BCUT2D eigenvalue weighted by Gasteiger charge is 2.25. The molecule has 5 nitrogen and oxygen atoms in total. The van der Waals surface area contributed by atoms with Gasteiger partial charge in [-0.3, -0.25) is 4.90 Å². The summed E-state index contributed by atoms with van der Waals surface area (Å²) in [5, 5.41) is 13.4. The van der Waals surface area contributed by atoms with Crippen molar-refractivity contribution in [3.05, 3.63) is 35.7 Å². The molecule has 0 unspecified atom stereocenters. The fourth-order valence-electron chi connectivity index (χ4n) is 2.74. The van der Waals surface area contributed by atoms with Crippen LogP contribution in [0.3, 0.4) is 0 Å². The van der Waals surface area contributed by atoms with Crippen LogP contribution in [-0.4, -0.2) is 39.3 Å². The summed E-state index contributed by atoms with van der Waals surface area (Å²) in [4.78, 5) is 6.68. The predicted molar refractivity (Wildman–Crippen MR) is 75.0 cm³/mol. The van der Waals surface area contributed by atoms with Gasteiger partial charge in [0.15, 0.2) is 0 Å². The Morgan fingerprint density at radius 3 is 3.05 bits per heavy atom. The van der Waals surface area contributed by atoms with Gasteiger partial charge in [-0.15, -0.1) is 0 Å². The second-order valence-electron chi connectivity index (χ2n) is 5.28. The molecule has 1 saturated heterocycles. The van der Waals surface area contributed by atoms with Crippen LogP contribution in [0.2, 0.25) is 0 Å². The van der Waals surface area contributed by atoms with Gasteiger partial charge in [0.05, 0.1) is 13.2 Å². The highest BCUT2D eigenvalue weighted by Crippen LogP contribution is 2.22. The third kappa shape index (κ3) is 2.59. The van der Waals surface area contributed by atoms with Gasteiger partial charge in [0.2, 0.25) is 11.7 Å². The maximum atomic E-state index is 9.33. The lowest BCUT2D eigenvalue weighted by atomic mass is 10.1. The van der Waals surface area contributed by atoms with E-state index >= 15 is 0 Å². The van der Waals surface area contributed by atoms with E-state index < -0.39 is 0 Å². The van der Waals surface area contributed by atoms with Gasteiger partial charge in [-0.1, -0.05) is 29.4 Å². The number of likely N-dealkylation sites (tertiary alicyclic amines) is 1. The summed E-state index contributed by atoms with van der Waals surface area (Å²) < 4.78 is 5.34. The fourth-order valence-corrected chi connectivity index (χ4v) is 2.74. The van der Waals surface area contributed by atoms with Gasteiger partial charge >= 0.3 is 0 Å². The average molecular weight is 273 g/mol. The SMILES string of the molecule is Cc1ccccc1-c1noc(CN2CCC[C@@H]2CO)n1. The Labute approximate surface area is 118 Å².